The molecule has 2 N–H and O–H groups in total. The number of rotatable bonds is 3. The third kappa shape index (κ3) is 2.69. The van der Waals surface area contributed by atoms with Crippen LogP contribution in [-0.2, 0) is 0 Å². The Bertz CT molecular complexity index is 793. The molecule has 0 aliphatic rings. The lowest BCUT2D eigenvalue weighted by atomic mass is 10.1. The van der Waals surface area contributed by atoms with Crippen molar-refractivity contribution in [2.24, 2.45) is 0 Å². The van der Waals surface area contributed by atoms with Crippen LogP contribution in [0.1, 0.15) is 10.4 Å². The third-order valence-electron chi connectivity index (χ3n) is 3.32. The predicted octanol–water partition coefficient (Wildman–Crippen LogP) is 3.53. The van der Waals surface area contributed by atoms with Crippen LogP contribution in [-0.4, -0.2) is 17.9 Å². The second-order valence-corrected chi connectivity index (χ2v) is 4.66. The molecule has 0 aliphatic heterocycles. The van der Waals surface area contributed by atoms with Gasteiger partial charge in [0.15, 0.2) is 0 Å². The van der Waals surface area contributed by atoms with Gasteiger partial charge in [-0.1, -0.05) is 36.4 Å². The molecule has 104 valence electrons. The van der Waals surface area contributed by atoms with Crippen LogP contribution in [0.5, 0.6) is 0 Å². The molecule has 0 fully saturated rings. The first-order chi connectivity index (χ1) is 10.3. The average Bonchev–Trinajstić information content (AvgIpc) is 2.55. The van der Waals surface area contributed by atoms with Crippen LogP contribution in [0.4, 0.5) is 11.5 Å². The number of pyridine rings is 1. The van der Waals surface area contributed by atoms with E-state index in [1.807, 2.05) is 42.5 Å². The lowest BCUT2D eigenvalue weighted by molar-refractivity contribution is 0.102. The van der Waals surface area contributed by atoms with Crippen molar-refractivity contribution >= 4 is 28.2 Å². The van der Waals surface area contributed by atoms with E-state index in [-0.39, 0.29) is 5.91 Å². The SMILES string of the molecule is CNc1cc(C(=O)Nc2cccc3ccccc23)ccn1. The van der Waals surface area contributed by atoms with Crippen LogP contribution in [0.15, 0.2) is 60.8 Å². The number of anilines is 2. The van der Waals surface area contributed by atoms with Gasteiger partial charge in [0.2, 0.25) is 0 Å². The minimum atomic E-state index is -0.148. The fourth-order valence-electron chi connectivity index (χ4n) is 2.24. The Hall–Kier alpha value is -2.88. The highest BCUT2D eigenvalue weighted by Gasteiger charge is 2.09. The molecule has 0 spiro atoms. The Morgan fingerprint density at radius 2 is 1.86 bits per heavy atom. The van der Waals surface area contributed by atoms with Gasteiger partial charge in [-0.2, -0.15) is 0 Å². The molecule has 2 aromatic carbocycles. The molecule has 4 nitrogen and oxygen atoms in total. The van der Waals surface area contributed by atoms with E-state index < -0.39 is 0 Å². The molecule has 0 radical (unpaired) electrons. The third-order valence-corrected chi connectivity index (χ3v) is 3.32. The molecule has 0 bridgehead atoms. The molecule has 0 saturated heterocycles. The number of hydrogen-bond acceptors (Lipinski definition) is 3. The van der Waals surface area contributed by atoms with E-state index in [2.05, 4.69) is 15.6 Å². The minimum absolute atomic E-state index is 0.148. The minimum Gasteiger partial charge on any atom is -0.373 e. The van der Waals surface area contributed by atoms with Crippen molar-refractivity contribution in [2.45, 2.75) is 0 Å². The van der Waals surface area contributed by atoms with Gasteiger partial charge in [0.05, 0.1) is 0 Å². The highest BCUT2D eigenvalue weighted by molar-refractivity contribution is 6.09. The van der Waals surface area contributed by atoms with E-state index in [9.17, 15) is 4.79 Å². The lowest BCUT2D eigenvalue weighted by Gasteiger charge is -2.09. The molecular formula is C17H15N3O. The van der Waals surface area contributed by atoms with Gasteiger partial charge in [-0.15, -0.1) is 0 Å². The summed E-state index contributed by atoms with van der Waals surface area (Å²) in [5, 5.41) is 8.01. The number of amides is 1. The Morgan fingerprint density at radius 1 is 1.05 bits per heavy atom. The number of benzene rings is 2. The zero-order chi connectivity index (χ0) is 14.7. The molecule has 1 aromatic heterocycles. The van der Waals surface area contributed by atoms with Crippen molar-refractivity contribution in [2.75, 3.05) is 17.7 Å². The molecular weight excluding hydrogens is 262 g/mol. The van der Waals surface area contributed by atoms with Crippen LogP contribution in [0.25, 0.3) is 10.8 Å². The van der Waals surface area contributed by atoms with E-state index in [0.717, 1.165) is 16.5 Å². The summed E-state index contributed by atoms with van der Waals surface area (Å²) in [4.78, 5) is 16.5. The molecule has 0 aliphatic carbocycles. The van der Waals surface area contributed by atoms with Crippen LogP contribution in [0.2, 0.25) is 0 Å². The Labute approximate surface area is 122 Å². The van der Waals surface area contributed by atoms with Crippen molar-refractivity contribution in [3.05, 3.63) is 66.4 Å². The highest BCUT2D eigenvalue weighted by atomic mass is 16.1. The molecule has 0 saturated carbocycles. The molecule has 4 heteroatoms. The van der Waals surface area contributed by atoms with Crippen LogP contribution < -0.4 is 10.6 Å². The fourth-order valence-corrected chi connectivity index (χ4v) is 2.24. The van der Waals surface area contributed by atoms with Crippen molar-refractivity contribution in [1.82, 2.24) is 4.98 Å². The average molecular weight is 277 g/mol. The van der Waals surface area contributed by atoms with Gasteiger partial charge in [0.25, 0.3) is 5.91 Å². The van der Waals surface area contributed by atoms with E-state index >= 15 is 0 Å². The van der Waals surface area contributed by atoms with Gasteiger partial charge in [-0.25, -0.2) is 4.98 Å². The Balaban J connectivity index is 1.93. The standard InChI is InChI=1S/C17H15N3O/c1-18-16-11-13(9-10-19-16)17(21)20-15-8-4-6-12-5-2-3-7-14(12)15/h2-11H,1H3,(H,18,19)(H,20,21). The molecule has 1 heterocycles. The number of nitrogens with zero attached hydrogens (tertiary/aromatic N) is 1. The number of fused-ring (bicyclic) bond motifs is 1. The van der Waals surface area contributed by atoms with Gasteiger partial charge >= 0.3 is 0 Å². The summed E-state index contributed by atoms with van der Waals surface area (Å²) >= 11 is 0. The summed E-state index contributed by atoms with van der Waals surface area (Å²) in [7, 11) is 1.77. The second-order valence-electron chi connectivity index (χ2n) is 4.66. The summed E-state index contributed by atoms with van der Waals surface area (Å²) in [5.74, 6) is 0.519. The van der Waals surface area contributed by atoms with E-state index in [1.165, 1.54) is 0 Å². The topological polar surface area (TPSA) is 54.0 Å². The van der Waals surface area contributed by atoms with Crippen molar-refractivity contribution in [3.8, 4) is 0 Å². The normalized spacial score (nSPS) is 10.3. The second kappa shape index (κ2) is 5.63. The highest BCUT2D eigenvalue weighted by Crippen LogP contribution is 2.23. The number of nitrogens with one attached hydrogen (secondary N) is 2. The zero-order valence-electron chi connectivity index (χ0n) is 11.6. The maximum Gasteiger partial charge on any atom is 0.255 e. The number of carbonyl (C=O) groups is 1. The lowest BCUT2D eigenvalue weighted by Crippen LogP contribution is -2.12. The predicted molar refractivity (Wildman–Crippen MR) is 85.7 cm³/mol. The Morgan fingerprint density at radius 3 is 2.71 bits per heavy atom. The van der Waals surface area contributed by atoms with Gasteiger partial charge in [-0.3, -0.25) is 4.79 Å². The first kappa shape index (κ1) is 13.1. The van der Waals surface area contributed by atoms with Crippen molar-refractivity contribution in [1.29, 1.82) is 0 Å². The van der Waals surface area contributed by atoms with Crippen LogP contribution in [0.3, 0.4) is 0 Å². The number of aromatic nitrogens is 1. The van der Waals surface area contributed by atoms with E-state index in [1.54, 1.807) is 25.4 Å². The van der Waals surface area contributed by atoms with E-state index in [4.69, 9.17) is 0 Å². The maximum absolute atomic E-state index is 12.4. The number of carbonyl (C=O) groups excluding carboxylic acids is 1. The summed E-state index contributed by atoms with van der Waals surface area (Å²) in [6.45, 7) is 0. The van der Waals surface area contributed by atoms with Gasteiger partial charge in [0, 0.05) is 29.9 Å². The molecule has 0 atom stereocenters. The molecule has 3 rings (SSSR count). The van der Waals surface area contributed by atoms with E-state index in [0.29, 0.717) is 11.4 Å². The maximum atomic E-state index is 12.4. The van der Waals surface area contributed by atoms with Gasteiger partial charge < -0.3 is 10.6 Å². The monoisotopic (exact) mass is 277 g/mol. The smallest absolute Gasteiger partial charge is 0.255 e. The van der Waals surface area contributed by atoms with Crippen molar-refractivity contribution < 1.29 is 4.79 Å². The zero-order valence-corrected chi connectivity index (χ0v) is 11.6. The largest absolute Gasteiger partial charge is 0.373 e. The summed E-state index contributed by atoms with van der Waals surface area (Å²) < 4.78 is 0. The summed E-state index contributed by atoms with van der Waals surface area (Å²) in [5.41, 5.74) is 1.38. The first-order valence-corrected chi connectivity index (χ1v) is 6.71. The first-order valence-electron chi connectivity index (χ1n) is 6.71. The number of hydrogen-bond donors (Lipinski definition) is 2. The molecule has 3 aromatic rings. The fraction of sp³-hybridized carbons (Fsp3) is 0.0588. The quantitative estimate of drug-likeness (QED) is 0.770. The molecule has 0 unspecified atom stereocenters. The molecule has 1 amide bonds. The van der Waals surface area contributed by atoms with Gasteiger partial charge in [-0.05, 0) is 23.6 Å². The summed E-state index contributed by atoms with van der Waals surface area (Å²) in [6.07, 6.45) is 1.61. The summed E-state index contributed by atoms with van der Waals surface area (Å²) in [6, 6.07) is 17.2. The van der Waals surface area contributed by atoms with Crippen LogP contribution >= 0.6 is 0 Å². The molecule has 21 heavy (non-hydrogen) atoms. The van der Waals surface area contributed by atoms with Crippen molar-refractivity contribution in [3.63, 3.8) is 0 Å². The van der Waals surface area contributed by atoms with Gasteiger partial charge in [0.1, 0.15) is 5.82 Å². The Kier molecular flexibility index (Phi) is 3.51. The van der Waals surface area contributed by atoms with Crippen LogP contribution in [0, 0.1) is 0 Å².